The first-order chi connectivity index (χ1) is 23.6. The summed E-state index contributed by atoms with van der Waals surface area (Å²) in [6.45, 7) is 5.08. The van der Waals surface area contributed by atoms with Gasteiger partial charge in [0.25, 0.3) is 17.7 Å². The summed E-state index contributed by atoms with van der Waals surface area (Å²) in [5.41, 5.74) is 9.39. The van der Waals surface area contributed by atoms with Crippen LogP contribution in [0.25, 0.3) is 0 Å². The third kappa shape index (κ3) is 5.98. The minimum absolute atomic E-state index is 0.00784. The quantitative estimate of drug-likeness (QED) is 0.319. The van der Waals surface area contributed by atoms with Crippen molar-refractivity contribution in [2.24, 2.45) is 0 Å². The molecule has 14 nitrogen and oxygen atoms in total. The molecule has 3 fully saturated rings. The summed E-state index contributed by atoms with van der Waals surface area (Å²) in [5.74, 6) is -1.46. The van der Waals surface area contributed by atoms with Gasteiger partial charge in [0, 0.05) is 76.8 Å². The van der Waals surface area contributed by atoms with E-state index >= 15 is 0 Å². The Kier molecular flexibility index (Phi) is 8.73. The van der Waals surface area contributed by atoms with Crippen LogP contribution in [0.1, 0.15) is 68.7 Å². The Morgan fingerprint density at radius 2 is 1.63 bits per heavy atom. The van der Waals surface area contributed by atoms with Crippen LogP contribution in [0, 0.1) is 0 Å². The Balaban J connectivity index is 0.894. The highest BCUT2D eigenvalue weighted by molar-refractivity contribution is 6.25. The molecule has 0 spiro atoms. The van der Waals surface area contributed by atoms with Crippen LogP contribution < -0.4 is 20.7 Å². The number of ether oxygens (including phenoxy) is 1. The molecule has 1 atom stereocenters. The van der Waals surface area contributed by atoms with Crippen LogP contribution in [0.5, 0.6) is 5.75 Å². The number of nitrogens with one attached hydrogen (secondary N) is 1. The number of anilines is 2. The molecule has 7 rings (SSSR count). The maximum Gasteiger partial charge on any atom is 0.264 e. The molecule has 258 valence electrons. The number of hydrogen-bond donors (Lipinski definition) is 2. The second-order valence-electron chi connectivity index (χ2n) is 13.3. The van der Waals surface area contributed by atoms with Gasteiger partial charge in [-0.1, -0.05) is 6.07 Å². The molecule has 1 unspecified atom stereocenters. The minimum atomic E-state index is -1.01. The van der Waals surface area contributed by atoms with Crippen molar-refractivity contribution in [1.29, 1.82) is 0 Å². The summed E-state index contributed by atoms with van der Waals surface area (Å²) in [7, 11) is 1.54. The Morgan fingerprint density at radius 1 is 0.878 bits per heavy atom. The summed E-state index contributed by atoms with van der Waals surface area (Å²) in [6, 6.07) is 7.82. The Bertz CT molecular complexity index is 1730. The largest absolute Gasteiger partial charge is 0.495 e. The summed E-state index contributed by atoms with van der Waals surface area (Å²) in [6.07, 6.45) is 2.80. The van der Waals surface area contributed by atoms with Gasteiger partial charge in [0.1, 0.15) is 11.8 Å². The lowest BCUT2D eigenvalue weighted by molar-refractivity contribution is -0.136. The predicted octanol–water partition coefficient (Wildman–Crippen LogP) is 0.880. The van der Waals surface area contributed by atoms with E-state index in [1.165, 1.54) is 0 Å². The number of methoxy groups -OCH3 is 1. The van der Waals surface area contributed by atoms with E-state index in [4.69, 9.17) is 10.5 Å². The highest BCUT2D eigenvalue weighted by Gasteiger charge is 2.46. The van der Waals surface area contributed by atoms with Gasteiger partial charge in [-0.15, -0.1) is 0 Å². The van der Waals surface area contributed by atoms with E-state index in [0.29, 0.717) is 87.0 Å². The third-order valence-electron chi connectivity index (χ3n) is 10.6. The first kappa shape index (κ1) is 32.6. The van der Waals surface area contributed by atoms with E-state index < -0.39 is 29.7 Å². The standard InChI is InChI=1S/C35H41N7O7/c1-49-28-20-24-21(19-25(28)36)7-14-41(33(24)46)22-8-12-40(13-9-22)30(44)10-11-38-15-17-39(18-16-38)26-4-2-3-23-31(26)35(48)42(34(23)47)27-5-6-29(43)37-32(27)45/h2-4,19-20,22,27H,5-18,36H2,1H3,(H,37,43,45). The van der Waals surface area contributed by atoms with Gasteiger partial charge in [-0.2, -0.15) is 0 Å². The Labute approximate surface area is 284 Å². The molecule has 0 radical (unpaired) electrons. The monoisotopic (exact) mass is 671 g/mol. The number of benzene rings is 2. The number of imide groups is 2. The fourth-order valence-electron chi connectivity index (χ4n) is 7.88. The number of carbonyl (C=O) groups is 6. The lowest BCUT2D eigenvalue weighted by Crippen LogP contribution is -2.54. The van der Waals surface area contributed by atoms with Crippen LogP contribution in [-0.4, -0.2) is 127 Å². The second kappa shape index (κ2) is 13.1. The van der Waals surface area contributed by atoms with Crippen molar-refractivity contribution in [3.8, 4) is 5.75 Å². The zero-order chi connectivity index (χ0) is 34.4. The molecular weight excluding hydrogens is 630 g/mol. The van der Waals surface area contributed by atoms with Crippen molar-refractivity contribution < 1.29 is 33.5 Å². The number of likely N-dealkylation sites (tertiary alicyclic amines) is 1. The number of nitrogens with two attached hydrogens (primary N) is 1. The van der Waals surface area contributed by atoms with Gasteiger partial charge < -0.3 is 25.2 Å². The predicted molar refractivity (Wildman–Crippen MR) is 178 cm³/mol. The maximum atomic E-state index is 13.5. The van der Waals surface area contributed by atoms with E-state index in [0.717, 1.165) is 29.7 Å². The summed E-state index contributed by atoms with van der Waals surface area (Å²) < 4.78 is 5.33. The molecule has 5 aliphatic rings. The first-order valence-corrected chi connectivity index (χ1v) is 17.0. The van der Waals surface area contributed by atoms with Crippen LogP contribution in [0.4, 0.5) is 11.4 Å². The number of fused-ring (bicyclic) bond motifs is 2. The van der Waals surface area contributed by atoms with Crippen molar-refractivity contribution in [3.05, 3.63) is 52.6 Å². The average molecular weight is 672 g/mol. The summed E-state index contributed by atoms with van der Waals surface area (Å²) in [4.78, 5) is 86.6. The number of carbonyl (C=O) groups excluding carboxylic acids is 6. The fraction of sp³-hybridized carbons (Fsp3) is 0.486. The molecule has 6 amide bonds. The zero-order valence-electron chi connectivity index (χ0n) is 27.6. The second-order valence-corrected chi connectivity index (χ2v) is 13.3. The van der Waals surface area contributed by atoms with Crippen molar-refractivity contribution >= 4 is 46.8 Å². The lowest BCUT2D eigenvalue weighted by Gasteiger charge is -2.41. The molecule has 2 aromatic rings. The molecular formula is C35H41N7O7. The first-order valence-electron chi connectivity index (χ1n) is 17.0. The van der Waals surface area contributed by atoms with Gasteiger partial charge in [-0.05, 0) is 55.5 Å². The van der Waals surface area contributed by atoms with Gasteiger partial charge in [0.05, 0.1) is 29.6 Å². The van der Waals surface area contributed by atoms with Crippen LogP contribution in [-0.2, 0) is 20.8 Å². The van der Waals surface area contributed by atoms with Crippen LogP contribution in [0.15, 0.2) is 30.3 Å². The van der Waals surface area contributed by atoms with E-state index in [1.54, 1.807) is 25.3 Å². The topological polar surface area (TPSA) is 166 Å². The molecule has 3 saturated heterocycles. The Hall–Kier alpha value is -4.98. The van der Waals surface area contributed by atoms with Gasteiger partial charge >= 0.3 is 0 Å². The molecule has 3 N–H and O–H groups in total. The van der Waals surface area contributed by atoms with E-state index in [2.05, 4.69) is 15.1 Å². The highest BCUT2D eigenvalue weighted by Crippen LogP contribution is 2.35. The van der Waals surface area contributed by atoms with Crippen LogP contribution in [0.2, 0.25) is 0 Å². The smallest absolute Gasteiger partial charge is 0.264 e. The normalized spacial score (nSPS) is 22.0. The molecule has 0 saturated carbocycles. The van der Waals surface area contributed by atoms with Gasteiger partial charge in [0.2, 0.25) is 17.7 Å². The number of amides is 6. The molecule has 5 heterocycles. The molecule has 0 aliphatic carbocycles. The SMILES string of the molecule is COc1cc2c(cc1N)CCN(C1CCN(C(=O)CCN3CCN(c4cccc5c4C(=O)N(C4CCC(=O)NC4=O)C5=O)CC3)CC1)C2=O. The Morgan fingerprint density at radius 3 is 2.35 bits per heavy atom. The summed E-state index contributed by atoms with van der Waals surface area (Å²) in [5, 5.41) is 2.23. The van der Waals surface area contributed by atoms with Gasteiger partial charge in [0.15, 0.2) is 0 Å². The minimum Gasteiger partial charge on any atom is -0.495 e. The van der Waals surface area contributed by atoms with Crippen LogP contribution in [0.3, 0.4) is 0 Å². The average Bonchev–Trinajstić information content (AvgIpc) is 3.36. The number of nitrogens with zero attached hydrogens (tertiary/aromatic N) is 5. The maximum absolute atomic E-state index is 13.5. The van der Waals surface area contributed by atoms with Gasteiger partial charge in [-0.3, -0.25) is 43.9 Å². The van der Waals surface area contributed by atoms with E-state index in [1.807, 2.05) is 21.9 Å². The number of rotatable bonds is 7. The molecule has 2 aromatic carbocycles. The van der Waals surface area contributed by atoms with Crippen molar-refractivity contribution in [1.82, 2.24) is 24.9 Å². The molecule has 14 heteroatoms. The van der Waals surface area contributed by atoms with Gasteiger partial charge in [-0.25, -0.2) is 0 Å². The van der Waals surface area contributed by atoms with Crippen molar-refractivity contribution in [3.63, 3.8) is 0 Å². The molecule has 0 aromatic heterocycles. The number of nitrogen functional groups attached to an aromatic ring is 1. The lowest BCUT2D eigenvalue weighted by atomic mass is 9.94. The van der Waals surface area contributed by atoms with Crippen molar-refractivity contribution in [2.75, 3.05) is 70.1 Å². The van der Waals surface area contributed by atoms with E-state index in [-0.39, 0.29) is 36.3 Å². The van der Waals surface area contributed by atoms with Crippen LogP contribution >= 0.6 is 0 Å². The zero-order valence-corrected chi connectivity index (χ0v) is 27.6. The van der Waals surface area contributed by atoms with Crippen molar-refractivity contribution in [2.45, 2.75) is 50.6 Å². The third-order valence-corrected chi connectivity index (χ3v) is 10.6. The number of hydrogen-bond acceptors (Lipinski definition) is 10. The highest BCUT2D eigenvalue weighted by atomic mass is 16.5. The number of piperazine rings is 1. The molecule has 0 bridgehead atoms. The molecule has 49 heavy (non-hydrogen) atoms. The van der Waals surface area contributed by atoms with E-state index in [9.17, 15) is 28.8 Å². The molecule has 5 aliphatic heterocycles. The number of piperidine rings is 2. The summed E-state index contributed by atoms with van der Waals surface area (Å²) >= 11 is 0. The fourth-order valence-corrected chi connectivity index (χ4v) is 7.88.